The number of nitrogens with zero attached hydrogens (tertiary/aromatic N) is 3. The Kier molecular flexibility index (Phi) is 6.91. The molecule has 4 N–H and O–H groups in total. The lowest BCUT2D eigenvalue weighted by atomic mass is 9.72. The Balaban J connectivity index is 1.51. The molecule has 0 aliphatic carbocycles. The summed E-state index contributed by atoms with van der Waals surface area (Å²) in [4.78, 5) is 36.3. The smallest absolute Gasteiger partial charge is 0.250 e. The first-order valence-corrected chi connectivity index (χ1v) is 15.3. The molecule has 0 radical (unpaired) electrons. The van der Waals surface area contributed by atoms with Crippen LogP contribution in [0.1, 0.15) is 74.7 Å². The molecular weight excluding hydrogens is 607 g/mol. The number of aliphatic hydroxyl groups is 1. The van der Waals surface area contributed by atoms with Gasteiger partial charge in [-0.25, -0.2) is 9.37 Å². The minimum Gasteiger partial charge on any atom is -0.469 e. The van der Waals surface area contributed by atoms with E-state index >= 15 is 4.39 Å². The maximum atomic E-state index is 15.1. The molecule has 5 heterocycles. The number of anilines is 1. The third kappa shape index (κ3) is 4.74. The first-order valence-electron chi connectivity index (χ1n) is 15.3. The van der Waals surface area contributed by atoms with Gasteiger partial charge in [0, 0.05) is 23.2 Å². The highest BCUT2D eigenvalue weighted by molar-refractivity contribution is 5.90. The number of hydrogen-bond acceptors (Lipinski definition) is 10. The van der Waals surface area contributed by atoms with Crippen LogP contribution in [0.15, 0.2) is 51.5 Å². The molecule has 2 amide bonds. The maximum absolute atomic E-state index is 15.1. The van der Waals surface area contributed by atoms with Crippen LogP contribution >= 0.6 is 0 Å². The number of nitriles is 1. The number of fused-ring (bicyclic) bond motifs is 4. The number of carbonyl (C=O) groups is 2. The molecule has 0 saturated heterocycles. The summed E-state index contributed by atoms with van der Waals surface area (Å²) in [7, 11) is 0. The largest absolute Gasteiger partial charge is 0.469 e. The summed E-state index contributed by atoms with van der Waals surface area (Å²) in [6.45, 7) is 9.09. The highest BCUT2D eigenvalue weighted by Crippen LogP contribution is 2.59. The van der Waals surface area contributed by atoms with Gasteiger partial charge in [-0.15, -0.1) is 0 Å². The van der Waals surface area contributed by atoms with E-state index in [0.717, 1.165) is 0 Å². The average molecular weight is 641 g/mol. The van der Waals surface area contributed by atoms with Crippen LogP contribution < -0.4 is 20.7 Å². The van der Waals surface area contributed by atoms with E-state index in [1.54, 1.807) is 32.0 Å². The molecule has 3 aliphatic rings. The first kappa shape index (κ1) is 30.4. The zero-order valence-electron chi connectivity index (χ0n) is 26.3. The van der Waals surface area contributed by atoms with Crippen LogP contribution in [0.5, 0.6) is 5.75 Å². The molecule has 0 fully saturated rings. The van der Waals surface area contributed by atoms with Crippen LogP contribution in [-0.4, -0.2) is 45.3 Å². The van der Waals surface area contributed by atoms with Gasteiger partial charge in [0.15, 0.2) is 23.4 Å². The Morgan fingerprint density at radius 1 is 1.17 bits per heavy atom. The van der Waals surface area contributed by atoms with Crippen molar-refractivity contribution < 1.29 is 32.7 Å². The van der Waals surface area contributed by atoms with Crippen LogP contribution in [0.4, 0.5) is 10.1 Å². The van der Waals surface area contributed by atoms with Crippen molar-refractivity contribution in [3.8, 4) is 23.4 Å². The molecule has 3 aliphatic heterocycles. The molecule has 4 aromatic rings. The summed E-state index contributed by atoms with van der Waals surface area (Å²) >= 11 is 0. The molecule has 1 spiro atoms. The second-order valence-electron chi connectivity index (χ2n) is 13.6. The molecular formula is C34H33FN6O6. The monoisotopic (exact) mass is 640 g/mol. The van der Waals surface area contributed by atoms with Crippen LogP contribution in [0.3, 0.4) is 0 Å². The van der Waals surface area contributed by atoms with E-state index in [2.05, 4.69) is 20.9 Å². The fraction of sp³-hybridized carbons (Fsp3) is 0.382. The minimum absolute atomic E-state index is 0.00389. The average Bonchev–Trinajstić information content (AvgIpc) is 3.79. The normalized spacial score (nSPS) is 23.3. The Morgan fingerprint density at radius 3 is 2.66 bits per heavy atom. The number of rotatable bonds is 4. The third-order valence-corrected chi connectivity index (χ3v) is 9.00. The van der Waals surface area contributed by atoms with Crippen molar-refractivity contribution in [2.75, 3.05) is 5.32 Å². The number of amides is 2. The second kappa shape index (κ2) is 10.7. The molecule has 2 aromatic heterocycles. The lowest BCUT2D eigenvalue weighted by Gasteiger charge is -2.32. The van der Waals surface area contributed by atoms with Crippen molar-refractivity contribution in [3.63, 3.8) is 0 Å². The number of aromatic nitrogens is 2. The number of hydrogen-bond donors (Lipinski definition) is 4. The Bertz CT molecular complexity index is 1970. The molecule has 4 bridgehead atoms. The Hall–Kier alpha value is -5.22. The number of nitrogens with one attached hydrogen (secondary N) is 3. The third-order valence-electron chi connectivity index (χ3n) is 9.00. The van der Waals surface area contributed by atoms with E-state index in [9.17, 15) is 20.0 Å². The predicted molar refractivity (Wildman–Crippen MR) is 164 cm³/mol. The molecule has 7 rings (SSSR count). The summed E-state index contributed by atoms with van der Waals surface area (Å²) in [5.74, 6) is -1.24. The number of oxazole rings is 2. The molecule has 12 nitrogen and oxygen atoms in total. The fourth-order valence-corrected chi connectivity index (χ4v) is 6.57. The molecule has 5 atom stereocenters. The summed E-state index contributed by atoms with van der Waals surface area (Å²) in [5, 5.41) is 29.2. The lowest BCUT2D eigenvalue weighted by molar-refractivity contribution is -0.136. The zero-order valence-corrected chi connectivity index (χ0v) is 26.3. The zero-order chi connectivity index (χ0) is 33.4. The van der Waals surface area contributed by atoms with E-state index < -0.39 is 52.9 Å². The van der Waals surface area contributed by atoms with Crippen LogP contribution in [0.2, 0.25) is 0 Å². The van der Waals surface area contributed by atoms with Gasteiger partial charge in [0.1, 0.15) is 47.5 Å². The standard InChI is InChI=1S/C34H33FN6O6/c1-15(2)25(42)29(44)38-22-11-16-6-9-23-20(10-16)34(19-12-17(35)7-8-21(19)39-32(34)46-23)27-24(30-37-18(13-36)14-45-30)40-31(47-27)26(33(3,4)5)41-28(22)43/h6-10,12,14-15,22,25-26,32,39,42H,11H2,1-5H3,(H,38,44)(H,41,43)/t22-,25-,26+,32+,34?/m0/s1. The van der Waals surface area contributed by atoms with Gasteiger partial charge in [-0.05, 0) is 41.2 Å². The van der Waals surface area contributed by atoms with Crippen molar-refractivity contribution in [1.29, 1.82) is 5.26 Å². The number of aliphatic hydroxyl groups excluding tert-OH is 1. The van der Waals surface area contributed by atoms with E-state index in [1.807, 2.05) is 32.9 Å². The summed E-state index contributed by atoms with van der Waals surface area (Å²) < 4.78 is 34.0. The Morgan fingerprint density at radius 2 is 1.96 bits per heavy atom. The van der Waals surface area contributed by atoms with Gasteiger partial charge in [-0.1, -0.05) is 46.8 Å². The lowest BCUT2D eigenvalue weighted by Crippen LogP contribution is -2.53. The maximum Gasteiger partial charge on any atom is 0.250 e. The van der Waals surface area contributed by atoms with Gasteiger partial charge < -0.3 is 34.6 Å². The summed E-state index contributed by atoms with van der Waals surface area (Å²) in [5.41, 5.74) is 0.576. The highest BCUT2D eigenvalue weighted by atomic mass is 19.1. The van der Waals surface area contributed by atoms with Gasteiger partial charge in [0.05, 0.1) is 0 Å². The van der Waals surface area contributed by atoms with Crippen molar-refractivity contribution in [2.24, 2.45) is 11.3 Å². The number of halogens is 1. The quantitative estimate of drug-likeness (QED) is 0.254. The molecule has 13 heteroatoms. The molecule has 2 aromatic carbocycles. The van der Waals surface area contributed by atoms with E-state index in [1.165, 1.54) is 18.4 Å². The van der Waals surface area contributed by atoms with Gasteiger partial charge in [-0.3, -0.25) is 9.59 Å². The van der Waals surface area contributed by atoms with Gasteiger partial charge in [0.25, 0.3) is 0 Å². The van der Waals surface area contributed by atoms with E-state index in [-0.39, 0.29) is 41.3 Å². The van der Waals surface area contributed by atoms with Crippen molar-refractivity contribution in [1.82, 2.24) is 20.6 Å². The number of carbonyl (C=O) groups excluding carboxylic acids is 2. The van der Waals surface area contributed by atoms with Crippen LogP contribution in [0, 0.1) is 28.5 Å². The molecule has 0 saturated carbocycles. The Labute approximate surface area is 269 Å². The molecule has 1 unspecified atom stereocenters. The summed E-state index contributed by atoms with van der Waals surface area (Å²) in [6.07, 6.45) is -0.860. The van der Waals surface area contributed by atoms with Crippen LogP contribution in [-0.2, 0) is 21.4 Å². The summed E-state index contributed by atoms with van der Waals surface area (Å²) in [6, 6.07) is 9.80. The number of benzene rings is 2. The van der Waals surface area contributed by atoms with Gasteiger partial charge >= 0.3 is 0 Å². The predicted octanol–water partition coefficient (Wildman–Crippen LogP) is 4.08. The van der Waals surface area contributed by atoms with Crippen molar-refractivity contribution in [2.45, 2.75) is 70.9 Å². The highest BCUT2D eigenvalue weighted by Gasteiger charge is 2.61. The van der Waals surface area contributed by atoms with E-state index in [4.69, 9.17) is 18.6 Å². The number of ether oxygens (including phenoxy) is 1. The molecule has 47 heavy (non-hydrogen) atoms. The minimum atomic E-state index is -1.33. The van der Waals surface area contributed by atoms with Crippen molar-refractivity contribution in [3.05, 3.63) is 82.5 Å². The van der Waals surface area contributed by atoms with Gasteiger partial charge in [-0.2, -0.15) is 10.2 Å². The van der Waals surface area contributed by atoms with Crippen LogP contribution in [0.25, 0.3) is 11.6 Å². The van der Waals surface area contributed by atoms with Crippen molar-refractivity contribution >= 4 is 17.5 Å². The van der Waals surface area contributed by atoms with Gasteiger partial charge in [0.2, 0.25) is 23.6 Å². The second-order valence-corrected chi connectivity index (χ2v) is 13.6. The SMILES string of the molecule is CC(C)[C@H](O)C(=O)N[C@H]1Cc2ccc3c(c2)C2(c4cc(F)ccc4N[C@@H]2O3)c2oc(nc2-c2nc(C#N)co2)[C@H](C(C)(C)C)NC1=O. The fourth-order valence-electron chi connectivity index (χ4n) is 6.57. The van der Waals surface area contributed by atoms with E-state index in [0.29, 0.717) is 28.1 Å². The topological polar surface area (TPSA) is 176 Å². The first-order chi connectivity index (χ1) is 22.3. The molecule has 242 valence electrons.